The van der Waals surface area contributed by atoms with Crippen molar-refractivity contribution in [2.75, 3.05) is 18.4 Å². The minimum Gasteiger partial charge on any atom is -0.371 e. The predicted molar refractivity (Wildman–Crippen MR) is 69.8 cm³/mol. The first-order valence-corrected chi connectivity index (χ1v) is 6.69. The second-order valence-electron chi connectivity index (χ2n) is 5.00. The monoisotopic (exact) mass is 286 g/mol. The quantitative estimate of drug-likeness (QED) is 0.867. The van der Waals surface area contributed by atoms with E-state index in [2.05, 4.69) is 5.32 Å². The normalized spacial score (nSPS) is 16.9. The molecule has 6 heteroatoms. The smallest absolute Gasteiger partial charge is 0.244 e. The van der Waals surface area contributed by atoms with E-state index in [9.17, 15) is 18.0 Å². The van der Waals surface area contributed by atoms with Crippen LogP contribution in [0.3, 0.4) is 0 Å². The van der Waals surface area contributed by atoms with Gasteiger partial charge in [0.05, 0.1) is 5.69 Å². The summed E-state index contributed by atoms with van der Waals surface area (Å²) in [6.07, 6.45) is 2.98. The zero-order valence-corrected chi connectivity index (χ0v) is 11.3. The van der Waals surface area contributed by atoms with Gasteiger partial charge in [0.1, 0.15) is 11.9 Å². The number of nitrogens with zero attached hydrogens (tertiary/aromatic N) is 1. The molecule has 1 N–H and O–H groups in total. The van der Waals surface area contributed by atoms with E-state index in [1.54, 1.807) is 11.8 Å². The Bertz CT molecular complexity index is 501. The number of anilines is 1. The zero-order chi connectivity index (χ0) is 14.7. The predicted octanol–water partition coefficient (Wildman–Crippen LogP) is 2.92. The largest absolute Gasteiger partial charge is 0.371 e. The fraction of sp³-hybridized carbons (Fsp3) is 0.500. The van der Waals surface area contributed by atoms with Gasteiger partial charge in [0.25, 0.3) is 0 Å². The van der Waals surface area contributed by atoms with Gasteiger partial charge in [-0.15, -0.1) is 0 Å². The number of benzene rings is 1. The van der Waals surface area contributed by atoms with Crippen molar-refractivity contribution < 1.29 is 18.0 Å². The average molecular weight is 286 g/mol. The minimum atomic E-state index is -1.27. The zero-order valence-electron chi connectivity index (χ0n) is 11.3. The summed E-state index contributed by atoms with van der Waals surface area (Å²) in [4.78, 5) is 13.8. The van der Waals surface area contributed by atoms with Crippen LogP contribution in [-0.2, 0) is 4.79 Å². The summed E-state index contributed by atoms with van der Waals surface area (Å²) in [6, 6.07) is 0.583. The molecule has 1 amide bonds. The molecule has 20 heavy (non-hydrogen) atoms. The summed E-state index contributed by atoms with van der Waals surface area (Å²) in [5, 5.41) is 2.54. The first-order valence-electron chi connectivity index (χ1n) is 6.69. The number of amides is 1. The number of rotatable bonds is 3. The van der Waals surface area contributed by atoms with Crippen LogP contribution in [0.1, 0.15) is 26.2 Å². The van der Waals surface area contributed by atoms with Crippen LogP contribution in [0.25, 0.3) is 0 Å². The highest BCUT2D eigenvalue weighted by Crippen LogP contribution is 2.20. The van der Waals surface area contributed by atoms with Gasteiger partial charge in [-0.25, -0.2) is 13.2 Å². The summed E-state index contributed by atoms with van der Waals surface area (Å²) in [7, 11) is 0. The van der Waals surface area contributed by atoms with Gasteiger partial charge in [-0.05, 0) is 26.2 Å². The molecule has 3 nitrogen and oxygen atoms in total. The molecule has 0 spiro atoms. The standard InChI is InChI=1S/C14H17F3N2O/c1-9(14(20)19-5-3-2-4-6-19)18-12-8-10(15)7-11(16)13(12)17/h7-9,18H,2-6H2,1H3. The Morgan fingerprint density at radius 2 is 1.85 bits per heavy atom. The fourth-order valence-corrected chi connectivity index (χ4v) is 2.34. The van der Waals surface area contributed by atoms with Crippen molar-refractivity contribution in [3.05, 3.63) is 29.6 Å². The SMILES string of the molecule is CC(Nc1cc(F)cc(F)c1F)C(=O)N1CCCCC1. The molecule has 1 atom stereocenters. The van der Waals surface area contributed by atoms with E-state index in [1.807, 2.05) is 0 Å². The van der Waals surface area contributed by atoms with Crippen molar-refractivity contribution in [2.24, 2.45) is 0 Å². The third kappa shape index (κ3) is 3.23. The van der Waals surface area contributed by atoms with E-state index >= 15 is 0 Å². The molecule has 1 fully saturated rings. The highest BCUT2D eigenvalue weighted by molar-refractivity contribution is 5.84. The first kappa shape index (κ1) is 14.7. The number of nitrogens with one attached hydrogen (secondary N) is 1. The highest BCUT2D eigenvalue weighted by Gasteiger charge is 2.23. The molecule has 0 bridgehead atoms. The van der Waals surface area contributed by atoms with E-state index < -0.39 is 23.5 Å². The maximum Gasteiger partial charge on any atom is 0.244 e. The number of carbonyl (C=O) groups is 1. The molecule has 1 aliphatic heterocycles. The maximum absolute atomic E-state index is 13.5. The van der Waals surface area contributed by atoms with Gasteiger partial charge in [0, 0.05) is 25.2 Å². The van der Waals surface area contributed by atoms with Crippen LogP contribution >= 0.6 is 0 Å². The molecule has 1 heterocycles. The molecule has 1 unspecified atom stereocenters. The van der Waals surface area contributed by atoms with Crippen LogP contribution in [0, 0.1) is 17.5 Å². The minimum absolute atomic E-state index is 0.186. The van der Waals surface area contributed by atoms with E-state index in [1.165, 1.54) is 0 Å². The van der Waals surface area contributed by atoms with Gasteiger partial charge < -0.3 is 10.2 Å². The molecule has 1 aromatic rings. The molecule has 1 saturated heterocycles. The molecule has 0 radical (unpaired) electrons. The van der Waals surface area contributed by atoms with Crippen LogP contribution in [0.5, 0.6) is 0 Å². The molecule has 110 valence electrons. The number of likely N-dealkylation sites (tertiary alicyclic amines) is 1. The van der Waals surface area contributed by atoms with Crippen LogP contribution in [-0.4, -0.2) is 29.9 Å². The fourth-order valence-electron chi connectivity index (χ4n) is 2.34. The summed E-state index contributed by atoms with van der Waals surface area (Å²) < 4.78 is 39.7. The maximum atomic E-state index is 13.5. The first-order chi connectivity index (χ1) is 9.49. The van der Waals surface area contributed by atoms with Crippen molar-refractivity contribution in [3.8, 4) is 0 Å². The second-order valence-corrected chi connectivity index (χ2v) is 5.00. The Morgan fingerprint density at radius 1 is 1.20 bits per heavy atom. The van der Waals surface area contributed by atoms with Crippen LogP contribution in [0.4, 0.5) is 18.9 Å². The summed E-state index contributed by atoms with van der Waals surface area (Å²) in [5.74, 6) is -3.52. The number of carbonyl (C=O) groups excluding carboxylic acids is 1. The Labute approximate surface area is 115 Å². The lowest BCUT2D eigenvalue weighted by molar-refractivity contribution is -0.132. The van der Waals surface area contributed by atoms with E-state index in [-0.39, 0.29) is 11.6 Å². The van der Waals surface area contributed by atoms with E-state index in [0.29, 0.717) is 19.2 Å². The Balaban J connectivity index is 2.07. The molecule has 0 aliphatic carbocycles. The van der Waals surface area contributed by atoms with Gasteiger partial charge in [-0.3, -0.25) is 4.79 Å². The van der Waals surface area contributed by atoms with Gasteiger partial charge >= 0.3 is 0 Å². The van der Waals surface area contributed by atoms with Gasteiger partial charge in [-0.1, -0.05) is 0 Å². The lowest BCUT2D eigenvalue weighted by Gasteiger charge is -2.29. The molecular formula is C14H17F3N2O. The molecule has 2 rings (SSSR count). The topological polar surface area (TPSA) is 32.3 Å². The number of piperidine rings is 1. The van der Waals surface area contributed by atoms with Gasteiger partial charge in [0.2, 0.25) is 5.91 Å². The molecular weight excluding hydrogens is 269 g/mol. The summed E-state index contributed by atoms with van der Waals surface area (Å²) >= 11 is 0. The van der Waals surface area contributed by atoms with Crippen molar-refractivity contribution in [1.82, 2.24) is 4.90 Å². The molecule has 1 aliphatic rings. The summed E-state index contributed by atoms with van der Waals surface area (Å²) in [6.45, 7) is 2.90. The van der Waals surface area contributed by atoms with Crippen molar-refractivity contribution in [3.63, 3.8) is 0 Å². The third-order valence-electron chi connectivity index (χ3n) is 3.40. The molecule has 1 aromatic carbocycles. The van der Waals surface area contributed by atoms with Crippen LogP contribution < -0.4 is 5.32 Å². The number of hydrogen-bond acceptors (Lipinski definition) is 2. The van der Waals surface area contributed by atoms with Crippen molar-refractivity contribution in [2.45, 2.75) is 32.2 Å². The van der Waals surface area contributed by atoms with Crippen LogP contribution in [0.2, 0.25) is 0 Å². The van der Waals surface area contributed by atoms with Crippen molar-refractivity contribution in [1.29, 1.82) is 0 Å². The number of hydrogen-bond donors (Lipinski definition) is 1. The molecule has 0 saturated carbocycles. The lowest BCUT2D eigenvalue weighted by Crippen LogP contribution is -2.44. The van der Waals surface area contributed by atoms with E-state index in [4.69, 9.17) is 0 Å². The lowest BCUT2D eigenvalue weighted by atomic mass is 10.1. The number of halogens is 3. The summed E-state index contributed by atoms with van der Waals surface area (Å²) in [5.41, 5.74) is -0.333. The highest BCUT2D eigenvalue weighted by atomic mass is 19.2. The van der Waals surface area contributed by atoms with Crippen molar-refractivity contribution >= 4 is 11.6 Å². The Hall–Kier alpha value is -1.72. The van der Waals surface area contributed by atoms with Gasteiger partial charge in [0.15, 0.2) is 11.6 Å². The Morgan fingerprint density at radius 3 is 2.50 bits per heavy atom. The Kier molecular flexibility index (Phi) is 4.52. The van der Waals surface area contributed by atoms with Gasteiger partial charge in [-0.2, -0.15) is 0 Å². The second kappa shape index (κ2) is 6.15. The third-order valence-corrected chi connectivity index (χ3v) is 3.40. The van der Waals surface area contributed by atoms with E-state index in [0.717, 1.165) is 25.3 Å². The molecule has 0 aromatic heterocycles. The van der Waals surface area contributed by atoms with Crippen LogP contribution in [0.15, 0.2) is 12.1 Å². The average Bonchev–Trinajstić information content (AvgIpc) is 2.44.